The summed E-state index contributed by atoms with van der Waals surface area (Å²) in [6.45, 7) is 0. The Morgan fingerprint density at radius 2 is 0.719 bits per heavy atom. The van der Waals surface area contributed by atoms with Crippen molar-refractivity contribution in [3.8, 4) is 29.3 Å². The van der Waals surface area contributed by atoms with E-state index in [1.165, 1.54) is 77.0 Å². The van der Waals surface area contributed by atoms with Gasteiger partial charge in [-0.1, -0.05) is 0 Å². The van der Waals surface area contributed by atoms with E-state index in [1.807, 2.05) is 22.7 Å². The van der Waals surface area contributed by atoms with Crippen molar-refractivity contribution >= 4 is 45.3 Å². The third-order valence-electron chi connectivity index (χ3n) is 8.27. The van der Waals surface area contributed by atoms with Crippen LogP contribution in [-0.2, 0) is 51.4 Å². The van der Waals surface area contributed by atoms with Crippen LogP contribution in [0.2, 0.25) is 0 Å². The maximum atomic E-state index is 2.47. The molecule has 162 valence electrons. The van der Waals surface area contributed by atoms with Gasteiger partial charge in [-0.3, -0.25) is 0 Å². The van der Waals surface area contributed by atoms with E-state index < -0.39 is 0 Å². The van der Waals surface area contributed by atoms with E-state index in [4.69, 9.17) is 0 Å². The van der Waals surface area contributed by atoms with Crippen molar-refractivity contribution < 1.29 is 0 Å². The third kappa shape index (κ3) is 2.58. The Hall–Kier alpha value is -1.20. The van der Waals surface area contributed by atoms with E-state index in [0.717, 1.165) is 0 Å². The topological polar surface area (TPSA) is 0 Å². The SMILES string of the molecule is c1sc(-c2sc(-c3sc(-c4scc5c4CCC5)c4c3CCC4)c3c2CCC3)c2c1CCC2. The van der Waals surface area contributed by atoms with E-state index >= 15 is 0 Å². The molecule has 0 unspecified atom stereocenters. The van der Waals surface area contributed by atoms with Crippen LogP contribution in [0.1, 0.15) is 70.2 Å². The van der Waals surface area contributed by atoms with Crippen LogP contribution >= 0.6 is 45.3 Å². The highest BCUT2D eigenvalue weighted by atomic mass is 32.1. The van der Waals surface area contributed by atoms with Gasteiger partial charge in [-0.05, 0) is 132 Å². The van der Waals surface area contributed by atoms with Crippen LogP contribution in [0.3, 0.4) is 0 Å². The number of aryl methyl sites for hydroxylation is 2. The molecule has 8 rings (SSSR count). The van der Waals surface area contributed by atoms with Crippen molar-refractivity contribution in [2.24, 2.45) is 0 Å². The lowest BCUT2D eigenvalue weighted by atomic mass is 10.0. The Bertz CT molecular complexity index is 1280. The van der Waals surface area contributed by atoms with Gasteiger partial charge in [0.2, 0.25) is 0 Å². The van der Waals surface area contributed by atoms with Gasteiger partial charge in [0, 0.05) is 29.3 Å². The summed E-state index contributed by atoms with van der Waals surface area (Å²) < 4.78 is 0. The maximum Gasteiger partial charge on any atom is 0.0487 e. The summed E-state index contributed by atoms with van der Waals surface area (Å²) in [4.78, 5) is 9.90. The molecule has 4 aliphatic rings. The molecule has 4 aliphatic carbocycles. The second-order valence-electron chi connectivity index (χ2n) is 9.99. The fraction of sp³-hybridized carbons (Fsp3) is 0.429. The van der Waals surface area contributed by atoms with Crippen LogP contribution in [0, 0.1) is 0 Å². The molecule has 4 aromatic heterocycles. The standard InChI is InChI=1S/C28H26S4/c1-5-15-13-29-23(17(15)7-1)25-19-9-3-11-21(19)27(31-25)28-22-12-4-10-20(22)26(32-28)24-18-8-2-6-16(18)14-30-24/h13-14H,1-12H2. The molecule has 0 nitrogen and oxygen atoms in total. The Morgan fingerprint density at radius 3 is 1.16 bits per heavy atom. The van der Waals surface area contributed by atoms with E-state index in [-0.39, 0.29) is 0 Å². The van der Waals surface area contributed by atoms with Gasteiger partial charge < -0.3 is 0 Å². The Kier molecular flexibility index (Phi) is 4.28. The van der Waals surface area contributed by atoms with E-state index in [1.54, 1.807) is 73.8 Å². The molecule has 0 bridgehead atoms. The largest absolute Gasteiger partial charge is 0.142 e. The van der Waals surface area contributed by atoms with E-state index in [0.29, 0.717) is 0 Å². The zero-order chi connectivity index (χ0) is 20.8. The van der Waals surface area contributed by atoms with Gasteiger partial charge in [-0.2, -0.15) is 0 Å². The van der Waals surface area contributed by atoms with Crippen LogP contribution < -0.4 is 0 Å². The van der Waals surface area contributed by atoms with Crippen molar-refractivity contribution in [1.82, 2.24) is 0 Å². The minimum Gasteiger partial charge on any atom is -0.142 e. The number of hydrogen-bond donors (Lipinski definition) is 0. The van der Waals surface area contributed by atoms with Gasteiger partial charge in [0.15, 0.2) is 0 Å². The first-order valence-electron chi connectivity index (χ1n) is 12.4. The van der Waals surface area contributed by atoms with Gasteiger partial charge in [0.05, 0.1) is 0 Å². The molecule has 0 atom stereocenters. The molecular formula is C28H26S4. The van der Waals surface area contributed by atoms with Gasteiger partial charge >= 0.3 is 0 Å². The summed E-state index contributed by atoms with van der Waals surface area (Å²) in [5.41, 5.74) is 13.6. The summed E-state index contributed by atoms with van der Waals surface area (Å²) >= 11 is 8.40. The highest BCUT2D eigenvalue weighted by Gasteiger charge is 2.33. The lowest BCUT2D eigenvalue weighted by molar-refractivity contribution is 0.908. The first-order valence-corrected chi connectivity index (χ1v) is 15.7. The molecule has 0 spiro atoms. The van der Waals surface area contributed by atoms with Crippen LogP contribution in [0.25, 0.3) is 29.3 Å². The number of fused-ring (bicyclic) bond motifs is 4. The van der Waals surface area contributed by atoms with Crippen LogP contribution in [-0.4, -0.2) is 0 Å². The molecule has 0 amide bonds. The molecule has 0 aromatic carbocycles. The van der Waals surface area contributed by atoms with Crippen molar-refractivity contribution in [3.63, 3.8) is 0 Å². The molecular weight excluding hydrogens is 465 g/mol. The van der Waals surface area contributed by atoms with E-state index in [2.05, 4.69) is 33.4 Å². The molecule has 0 saturated carbocycles. The monoisotopic (exact) mass is 490 g/mol. The summed E-state index contributed by atoms with van der Waals surface area (Å²) in [5.74, 6) is 0. The van der Waals surface area contributed by atoms with Gasteiger partial charge in [-0.25, -0.2) is 0 Å². The average Bonchev–Trinajstić information content (AvgIpc) is 3.61. The number of thiophene rings is 4. The first-order chi connectivity index (χ1) is 15.9. The molecule has 4 heterocycles. The predicted octanol–water partition coefficient (Wildman–Crippen LogP) is 8.89. The minimum absolute atomic E-state index is 1.30. The molecule has 0 N–H and O–H groups in total. The van der Waals surface area contributed by atoms with Crippen LogP contribution in [0.15, 0.2) is 10.8 Å². The third-order valence-corrected chi connectivity index (χ3v) is 13.4. The summed E-state index contributed by atoms with van der Waals surface area (Å²) in [6.07, 6.45) is 15.8. The Labute approximate surface area is 206 Å². The Morgan fingerprint density at radius 1 is 0.375 bits per heavy atom. The molecule has 0 saturated heterocycles. The fourth-order valence-corrected chi connectivity index (χ4v) is 12.5. The average molecular weight is 491 g/mol. The zero-order valence-corrected chi connectivity index (χ0v) is 21.5. The molecule has 0 radical (unpaired) electrons. The normalized spacial score (nSPS) is 18.4. The minimum atomic E-state index is 1.30. The smallest absolute Gasteiger partial charge is 0.0487 e. The summed E-state index contributed by atoms with van der Waals surface area (Å²) in [7, 11) is 0. The fourth-order valence-electron chi connectivity index (χ4n) is 6.77. The maximum absolute atomic E-state index is 2.47. The highest BCUT2D eigenvalue weighted by Crippen LogP contribution is 2.56. The lowest BCUT2D eigenvalue weighted by Crippen LogP contribution is -1.83. The Balaban J connectivity index is 1.32. The molecule has 4 aromatic rings. The molecule has 0 fully saturated rings. The zero-order valence-electron chi connectivity index (χ0n) is 18.3. The number of hydrogen-bond acceptors (Lipinski definition) is 4. The van der Waals surface area contributed by atoms with Crippen molar-refractivity contribution in [2.45, 2.75) is 77.0 Å². The van der Waals surface area contributed by atoms with Gasteiger partial charge in [0.1, 0.15) is 0 Å². The van der Waals surface area contributed by atoms with Crippen molar-refractivity contribution in [3.05, 3.63) is 55.3 Å². The quantitative estimate of drug-likeness (QED) is 0.269. The molecule has 32 heavy (non-hydrogen) atoms. The van der Waals surface area contributed by atoms with Crippen LogP contribution in [0.4, 0.5) is 0 Å². The second kappa shape index (κ2) is 7.15. The van der Waals surface area contributed by atoms with Crippen molar-refractivity contribution in [1.29, 1.82) is 0 Å². The van der Waals surface area contributed by atoms with Gasteiger partial charge in [0.25, 0.3) is 0 Å². The summed E-state index contributed by atoms with van der Waals surface area (Å²) in [6, 6.07) is 0. The molecule has 0 aliphatic heterocycles. The molecule has 4 heteroatoms. The number of rotatable bonds is 3. The predicted molar refractivity (Wildman–Crippen MR) is 142 cm³/mol. The summed E-state index contributed by atoms with van der Waals surface area (Å²) in [5, 5.41) is 4.94. The van der Waals surface area contributed by atoms with Gasteiger partial charge in [-0.15, -0.1) is 45.3 Å². The van der Waals surface area contributed by atoms with Crippen molar-refractivity contribution in [2.75, 3.05) is 0 Å². The van der Waals surface area contributed by atoms with Crippen LogP contribution in [0.5, 0.6) is 0 Å². The second-order valence-corrected chi connectivity index (χ2v) is 13.8. The lowest BCUT2D eigenvalue weighted by Gasteiger charge is -2.02. The highest BCUT2D eigenvalue weighted by molar-refractivity contribution is 7.28. The van der Waals surface area contributed by atoms with E-state index in [9.17, 15) is 0 Å². The first kappa shape index (κ1) is 19.1.